The first-order chi connectivity index (χ1) is 8.08. The number of hydrogen-bond donors (Lipinski definition) is 1. The Hall–Kier alpha value is -0.540. The first kappa shape index (κ1) is 14.5. The molecule has 1 aromatic carbocycles. The topological polar surface area (TPSA) is 21.3 Å². The molecule has 3 heteroatoms. The van der Waals surface area contributed by atoms with E-state index in [2.05, 4.69) is 48.1 Å². The number of halogens is 1. The van der Waals surface area contributed by atoms with Crippen molar-refractivity contribution in [2.45, 2.75) is 33.2 Å². The van der Waals surface area contributed by atoms with Gasteiger partial charge in [0.05, 0.1) is 7.11 Å². The molecule has 1 aromatic rings. The van der Waals surface area contributed by atoms with Gasteiger partial charge in [-0.1, -0.05) is 42.8 Å². The number of rotatable bonds is 6. The lowest BCUT2D eigenvalue weighted by molar-refractivity contribution is 0.412. The van der Waals surface area contributed by atoms with Crippen LogP contribution in [0.5, 0.6) is 5.75 Å². The fourth-order valence-electron chi connectivity index (χ4n) is 1.96. The Labute approximate surface area is 113 Å². The van der Waals surface area contributed by atoms with E-state index in [-0.39, 0.29) is 0 Å². The first-order valence-corrected chi connectivity index (χ1v) is 6.94. The van der Waals surface area contributed by atoms with Crippen molar-refractivity contribution in [1.29, 1.82) is 0 Å². The number of nitrogens with one attached hydrogen (secondary N) is 1. The van der Waals surface area contributed by atoms with Gasteiger partial charge in [0.25, 0.3) is 0 Å². The summed E-state index contributed by atoms with van der Waals surface area (Å²) in [5.74, 6) is 1.56. The minimum Gasteiger partial charge on any atom is -0.497 e. The van der Waals surface area contributed by atoms with Crippen LogP contribution in [0.3, 0.4) is 0 Å². The van der Waals surface area contributed by atoms with Crippen molar-refractivity contribution in [3.8, 4) is 5.75 Å². The number of ether oxygens (including phenoxy) is 1. The van der Waals surface area contributed by atoms with Gasteiger partial charge in [-0.2, -0.15) is 0 Å². The largest absolute Gasteiger partial charge is 0.497 e. The summed E-state index contributed by atoms with van der Waals surface area (Å²) in [6.07, 6.45) is 1.14. The second-order valence-electron chi connectivity index (χ2n) is 4.63. The monoisotopic (exact) mass is 299 g/mol. The third-order valence-electron chi connectivity index (χ3n) is 2.74. The average molecular weight is 300 g/mol. The minimum absolute atomic E-state index is 0.403. The summed E-state index contributed by atoms with van der Waals surface area (Å²) < 4.78 is 6.33. The quantitative estimate of drug-likeness (QED) is 0.852. The molecule has 0 aliphatic rings. The van der Waals surface area contributed by atoms with Crippen LogP contribution in [0.25, 0.3) is 0 Å². The molecule has 0 spiro atoms. The molecule has 0 heterocycles. The Morgan fingerprint density at radius 2 is 2.06 bits per heavy atom. The molecule has 1 N–H and O–H groups in total. The molecule has 1 rings (SSSR count). The van der Waals surface area contributed by atoms with E-state index >= 15 is 0 Å². The van der Waals surface area contributed by atoms with Gasteiger partial charge in [0.2, 0.25) is 0 Å². The van der Waals surface area contributed by atoms with Crippen molar-refractivity contribution in [2.75, 3.05) is 13.7 Å². The summed E-state index contributed by atoms with van der Waals surface area (Å²) >= 11 is 3.63. The summed E-state index contributed by atoms with van der Waals surface area (Å²) in [6.45, 7) is 7.63. The summed E-state index contributed by atoms with van der Waals surface area (Å²) in [6, 6.07) is 6.59. The van der Waals surface area contributed by atoms with Crippen molar-refractivity contribution < 1.29 is 4.74 Å². The Balaban J connectivity index is 2.93. The van der Waals surface area contributed by atoms with Gasteiger partial charge in [-0.05, 0) is 36.6 Å². The molecular formula is C14H22BrNO. The Morgan fingerprint density at radius 3 is 2.53 bits per heavy atom. The standard InChI is InChI=1S/C14H22BrNO/c1-5-16-14(8-10(2)3)12-7-6-11(17-4)9-13(12)15/h6-7,9-10,14,16H,5,8H2,1-4H3. The highest BCUT2D eigenvalue weighted by molar-refractivity contribution is 9.10. The molecule has 1 atom stereocenters. The van der Waals surface area contributed by atoms with Crippen molar-refractivity contribution in [3.05, 3.63) is 28.2 Å². The van der Waals surface area contributed by atoms with Gasteiger partial charge in [-0.3, -0.25) is 0 Å². The molecule has 2 nitrogen and oxygen atoms in total. The zero-order valence-electron chi connectivity index (χ0n) is 11.1. The third-order valence-corrected chi connectivity index (χ3v) is 3.43. The second-order valence-corrected chi connectivity index (χ2v) is 5.48. The molecule has 1 unspecified atom stereocenters. The molecule has 0 aromatic heterocycles. The fraction of sp³-hybridized carbons (Fsp3) is 0.571. The van der Waals surface area contributed by atoms with Crippen molar-refractivity contribution in [2.24, 2.45) is 5.92 Å². The maximum absolute atomic E-state index is 5.22. The van der Waals surface area contributed by atoms with Gasteiger partial charge in [-0.15, -0.1) is 0 Å². The lowest BCUT2D eigenvalue weighted by Crippen LogP contribution is -2.22. The van der Waals surface area contributed by atoms with Gasteiger partial charge in [-0.25, -0.2) is 0 Å². The van der Waals surface area contributed by atoms with E-state index in [4.69, 9.17) is 4.74 Å². The number of hydrogen-bond acceptors (Lipinski definition) is 2. The molecule has 0 bridgehead atoms. The number of methoxy groups -OCH3 is 1. The molecule has 0 saturated carbocycles. The highest BCUT2D eigenvalue weighted by Crippen LogP contribution is 2.30. The van der Waals surface area contributed by atoms with E-state index in [9.17, 15) is 0 Å². The summed E-state index contributed by atoms with van der Waals surface area (Å²) in [5.41, 5.74) is 1.31. The van der Waals surface area contributed by atoms with Crippen LogP contribution in [-0.2, 0) is 0 Å². The predicted molar refractivity (Wildman–Crippen MR) is 76.6 cm³/mol. The molecule has 0 radical (unpaired) electrons. The Morgan fingerprint density at radius 1 is 1.35 bits per heavy atom. The van der Waals surface area contributed by atoms with Crippen LogP contribution >= 0.6 is 15.9 Å². The summed E-state index contributed by atoms with van der Waals surface area (Å²) in [4.78, 5) is 0. The van der Waals surface area contributed by atoms with Crippen molar-refractivity contribution in [3.63, 3.8) is 0 Å². The maximum atomic E-state index is 5.22. The van der Waals surface area contributed by atoms with Gasteiger partial charge < -0.3 is 10.1 Å². The Kier molecular flexibility index (Phi) is 6.00. The van der Waals surface area contributed by atoms with Crippen LogP contribution in [-0.4, -0.2) is 13.7 Å². The fourth-order valence-corrected chi connectivity index (χ4v) is 2.59. The third kappa shape index (κ3) is 4.32. The van der Waals surface area contributed by atoms with Crippen LogP contribution in [0.4, 0.5) is 0 Å². The zero-order valence-corrected chi connectivity index (χ0v) is 12.7. The maximum Gasteiger partial charge on any atom is 0.120 e. The van der Waals surface area contributed by atoms with Crippen LogP contribution in [0.15, 0.2) is 22.7 Å². The second kappa shape index (κ2) is 7.02. The van der Waals surface area contributed by atoms with Crippen molar-refractivity contribution >= 4 is 15.9 Å². The number of benzene rings is 1. The molecule has 0 aliphatic heterocycles. The van der Waals surface area contributed by atoms with E-state index in [1.165, 1.54) is 5.56 Å². The molecular weight excluding hydrogens is 278 g/mol. The lowest BCUT2D eigenvalue weighted by Gasteiger charge is -2.22. The normalized spacial score (nSPS) is 12.8. The SMILES string of the molecule is CCNC(CC(C)C)c1ccc(OC)cc1Br. The predicted octanol–water partition coefficient (Wildman–Crippen LogP) is 4.15. The van der Waals surface area contributed by atoms with Crippen molar-refractivity contribution in [1.82, 2.24) is 5.32 Å². The molecule has 0 fully saturated rings. The molecule has 0 saturated heterocycles. The van der Waals surface area contributed by atoms with Gasteiger partial charge in [0.1, 0.15) is 5.75 Å². The van der Waals surface area contributed by atoms with E-state index in [1.54, 1.807) is 7.11 Å². The molecule has 96 valence electrons. The molecule has 0 aliphatic carbocycles. The van der Waals surface area contributed by atoms with E-state index in [0.29, 0.717) is 12.0 Å². The first-order valence-electron chi connectivity index (χ1n) is 6.15. The van der Waals surface area contributed by atoms with E-state index in [0.717, 1.165) is 23.2 Å². The van der Waals surface area contributed by atoms with E-state index in [1.807, 2.05) is 12.1 Å². The van der Waals surface area contributed by atoms with Gasteiger partial charge in [0.15, 0.2) is 0 Å². The minimum atomic E-state index is 0.403. The van der Waals surface area contributed by atoms with Gasteiger partial charge >= 0.3 is 0 Å². The molecule has 17 heavy (non-hydrogen) atoms. The highest BCUT2D eigenvalue weighted by Gasteiger charge is 2.15. The molecule has 0 amide bonds. The summed E-state index contributed by atoms with van der Waals surface area (Å²) in [5, 5.41) is 3.54. The van der Waals surface area contributed by atoms with Crippen LogP contribution in [0.2, 0.25) is 0 Å². The Bertz CT molecular complexity index is 352. The lowest BCUT2D eigenvalue weighted by atomic mass is 9.97. The van der Waals surface area contributed by atoms with Crippen LogP contribution in [0, 0.1) is 5.92 Å². The average Bonchev–Trinajstić information content (AvgIpc) is 2.27. The summed E-state index contributed by atoms with van der Waals surface area (Å²) in [7, 11) is 1.69. The smallest absolute Gasteiger partial charge is 0.120 e. The highest BCUT2D eigenvalue weighted by atomic mass is 79.9. The zero-order chi connectivity index (χ0) is 12.8. The van der Waals surface area contributed by atoms with Crippen LogP contribution in [0.1, 0.15) is 38.8 Å². The van der Waals surface area contributed by atoms with Crippen LogP contribution < -0.4 is 10.1 Å². The van der Waals surface area contributed by atoms with E-state index < -0.39 is 0 Å². The van der Waals surface area contributed by atoms with Gasteiger partial charge in [0, 0.05) is 10.5 Å².